The monoisotopic (exact) mass is 247 g/mol. The lowest BCUT2D eigenvalue weighted by Crippen LogP contribution is -2.37. The van der Waals surface area contributed by atoms with Gasteiger partial charge in [-0.25, -0.2) is 0 Å². The summed E-state index contributed by atoms with van der Waals surface area (Å²) < 4.78 is 0. The maximum atomic E-state index is 10.8. The van der Waals surface area contributed by atoms with E-state index in [-0.39, 0.29) is 7.43 Å². The van der Waals surface area contributed by atoms with Crippen LogP contribution in [0, 0.1) is 0 Å². The van der Waals surface area contributed by atoms with E-state index >= 15 is 0 Å². The average Bonchev–Trinajstić information content (AvgIpc) is 2.75. The van der Waals surface area contributed by atoms with E-state index in [1.54, 1.807) is 6.92 Å². The van der Waals surface area contributed by atoms with Crippen molar-refractivity contribution in [2.75, 3.05) is 0 Å². The van der Waals surface area contributed by atoms with Crippen LogP contribution in [0.3, 0.4) is 0 Å². The first-order valence-corrected chi connectivity index (χ1v) is 6.15. The molecule has 0 amide bonds. The van der Waals surface area contributed by atoms with Crippen LogP contribution in [0.15, 0.2) is 30.3 Å². The smallest absolute Gasteiger partial charge is 0.139 e. The van der Waals surface area contributed by atoms with Crippen LogP contribution in [0.5, 0.6) is 0 Å². The van der Waals surface area contributed by atoms with Crippen molar-refractivity contribution in [3.63, 3.8) is 0 Å². The van der Waals surface area contributed by atoms with Gasteiger partial charge in [0.25, 0.3) is 0 Å². The van der Waals surface area contributed by atoms with E-state index < -0.39 is 5.54 Å². The topological polar surface area (TPSA) is 43.1 Å². The minimum absolute atomic E-state index is 0. The normalized spacial score (nSPS) is 15.2. The first kappa shape index (κ1) is 16.6. The van der Waals surface area contributed by atoms with Crippen molar-refractivity contribution in [2.24, 2.45) is 5.73 Å². The van der Waals surface area contributed by atoms with Gasteiger partial charge in [0.15, 0.2) is 0 Å². The van der Waals surface area contributed by atoms with Gasteiger partial charge in [-0.1, -0.05) is 51.6 Å². The van der Waals surface area contributed by atoms with Crippen LogP contribution in [-0.2, 0) is 11.2 Å². The first-order chi connectivity index (χ1) is 8.12. The number of aldehydes is 1. The number of carbonyl (C=O) groups excluding carboxylic acids is 1. The minimum Gasteiger partial charge on any atom is -0.319 e. The van der Waals surface area contributed by atoms with Crippen LogP contribution < -0.4 is 5.73 Å². The zero-order valence-electron chi connectivity index (χ0n) is 10.9. The van der Waals surface area contributed by atoms with Crippen LogP contribution in [0.4, 0.5) is 0 Å². The lowest BCUT2D eigenvalue weighted by Gasteiger charge is -2.18. The van der Waals surface area contributed by atoms with Crippen LogP contribution in [-0.4, -0.2) is 11.8 Å². The summed E-state index contributed by atoms with van der Waals surface area (Å²) in [5.74, 6) is 0. The van der Waals surface area contributed by atoms with Gasteiger partial charge in [-0.2, -0.15) is 0 Å². The molecule has 1 atom stereocenters. The summed E-state index contributed by atoms with van der Waals surface area (Å²) in [6.07, 6.45) is 4.57. The fourth-order valence-electron chi connectivity index (χ4n) is 1.97. The van der Waals surface area contributed by atoms with Gasteiger partial charge in [0.2, 0.25) is 0 Å². The second-order valence-electron chi connectivity index (χ2n) is 4.39. The lowest BCUT2D eigenvalue weighted by molar-refractivity contribution is -0.111. The molecule has 0 saturated carbocycles. The quantitative estimate of drug-likeness (QED) is 0.829. The molecule has 0 aliphatic heterocycles. The summed E-state index contributed by atoms with van der Waals surface area (Å²) in [5.41, 5.74) is 8.87. The van der Waals surface area contributed by atoms with E-state index in [1.807, 2.05) is 26.0 Å². The summed E-state index contributed by atoms with van der Waals surface area (Å²) >= 11 is 0. The number of nitrogens with two attached hydrogens (primary N) is 1. The Bertz CT molecular complexity index is 419. The molecule has 0 heterocycles. The molecule has 100 valence electrons. The molecule has 0 radical (unpaired) electrons. The highest BCUT2D eigenvalue weighted by atomic mass is 16.1. The summed E-state index contributed by atoms with van der Waals surface area (Å²) in [6, 6.07) is 8.27. The Morgan fingerprint density at radius 3 is 2.56 bits per heavy atom. The molecular weight excluding hydrogens is 222 g/mol. The molecule has 0 saturated heterocycles. The Labute approximate surface area is 111 Å². The molecule has 0 bridgehead atoms. The summed E-state index contributed by atoms with van der Waals surface area (Å²) in [5, 5.41) is 0. The molecule has 2 rings (SSSR count). The maximum Gasteiger partial charge on any atom is 0.139 e. The van der Waals surface area contributed by atoms with Crippen LogP contribution >= 0.6 is 0 Å². The van der Waals surface area contributed by atoms with Gasteiger partial charge in [-0.15, -0.1) is 0 Å². The van der Waals surface area contributed by atoms with Gasteiger partial charge in [0.05, 0.1) is 5.54 Å². The number of hydrogen-bond acceptors (Lipinski definition) is 2. The number of rotatable bonds is 3. The Balaban J connectivity index is 0.000000917. The summed E-state index contributed by atoms with van der Waals surface area (Å²) in [7, 11) is 0. The molecule has 2 nitrogen and oxygen atoms in total. The Hall–Kier alpha value is -1.41. The van der Waals surface area contributed by atoms with Crippen LogP contribution in [0.1, 0.15) is 45.7 Å². The second-order valence-corrected chi connectivity index (χ2v) is 4.39. The highest BCUT2D eigenvalue weighted by Crippen LogP contribution is 2.31. The number of benzene rings is 1. The minimum atomic E-state index is -0.747. The van der Waals surface area contributed by atoms with Gasteiger partial charge in [-0.05, 0) is 36.5 Å². The van der Waals surface area contributed by atoms with E-state index in [9.17, 15) is 4.79 Å². The summed E-state index contributed by atoms with van der Waals surface area (Å²) in [4.78, 5) is 10.8. The number of hydrogen-bond donors (Lipinski definition) is 1. The fraction of sp³-hybridized carbons (Fsp3) is 0.438. The van der Waals surface area contributed by atoms with Gasteiger partial charge in [0, 0.05) is 0 Å². The maximum absolute atomic E-state index is 10.8. The molecular formula is C16H25NO. The Kier molecular flexibility index (Phi) is 6.56. The van der Waals surface area contributed by atoms with Crippen molar-refractivity contribution < 1.29 is 4.79 Å². The third-order valence-corrected chi connectivity index (χ3v) is 2.77. The van der Waals surface area contributed by atoms with Crippen molar-refractivity contribution in [1.82, 2.24) is 0 Å². The molecule has 1 aromatic rings. The number of carbonyl (C=O) groups is 1. The van der Waals surface area contributed by atoms with Gasteiger partial charge in [-0.3, -0.25) is 0 Å². The molecule has 0 spiro atoms. The van der Waals surface area contributed by atoms with Crippen LogP contribution in [0.2, 0.25) is 0 Å². The standard InChI is InChI=1S/C13H15NO.C2H6.CH4/c1-13(14,9-15)8-11-7-6-10-4-2-3-5-12(10)11;1-2;/h2-5,7,9H,6,8,14H2,1H3;1-2H3;1H4/t13-;;/m0../s1. The molecule has 1 aromatic carbocycles. The summed E-state index contributed by atoms with van der Waals surface area (Å²) in [6.45, 7) is 5.77. The highest BCUT2D eigenvalue weighted by Gasteiger charge is 2.23. The van der Waals surface area contributed by atoms with Crippen molar-refractivity contribution in [1.29, 1.82) is 0 Å². The first-order valence-electron chi connectivity index (χ1n) is 6.15. The molecule has 0 aromatic heterocycles. The predicted octanol–water partition coefficient (Wildman–Crippen LogP) is 3.59. The number of allylic oxidation sites excluding steroid dienone is 1. The zero-order valence-corrected chi connectivity index (χ0v) is 10.9. The molecule has 0 unspecified atom stereocenters. The fourth-order valence-corrected chi connectivity index (χ4v) is 1.97. The SMILES string of the molecule is C.CC.C[C@@](N)(C=O)CC1=CCc2ccccc21. The van der Waals surface area contributed by atoms with E-state index in [4.69, 9.17) is 5.73 Å². The van der Waals surface area contributed by atoms with Gasteiger partial charge >= 0.3 is 0 Å². The molecule has 0 fully saturated rings. The number of fused-ring (bicyclic) bond motifs is 1. The van der Waals surface area contributed by atoms with Crippen molar-refractivity contribution in [3.05, 3.63) is 41.5 Å². The van der Waals surface area contributed by atoms with E-state index in [1.165, 1.54) is 16.7 Å². The van der Waals surface area contributed by atoms with E-state index in [0.29, 0.717) is 6.42 Å². The van der Waals surface area contributed by atoms with Crippen molar-refractivity contribution in [2.45, 2.75) is 46.6 Å². The van der Waals surface area contributed by atoms with Crippen molar-refractivity contribution >= 4 is 11.9 Å². The second kappa shape index (κ2) is 7.12. The van der Waals surface area contributed by atoms with E-state index in [2.05, 4.69) is 18.2 Å². The van der Waals surface area contributed by atoms with Crippen LogP contribution in [0.25, 0.3) is 5.57 Å². The van der Waals surface area contributed by atoms with E-state index in [0.717, 1.165) is 12.7 Å². The molecule has 18 heavy (non-hydrogen) atoms. The van der Waals surface area contributed by atoms with Gasteiger partial charge in [0.1, 0.15) is 6.29 Å². The molecule has 1 aliphatic carbocycles. The zero-order chi connectivity index (χ0) is 12.9. The average molecular weight is 247 g/mol. The highest BCUT2D eigenvalue weighted by molar-refractivity contribution is 5.77. The molecule has 2 N–H and O–H groups in total. The third kappa shape index (κ3) is 3.81. The predicted molar refractivity (Wildman–Crippen MR) is 79.5 cm³/mol. The molecule has 2 heteroatoms. The lowest BCUT2D eigenvalue weighted by atomic mass is 9.92. The molecule has 1 aliphatic rings. The Morgan fingerprint density at radius 2 is 1.94 bits per heavy atom. The Morgan fingerprint density at radius 1 is 1.33 bits per heavy atom. The largest absolute Gasteiger partial charge is 0.319 e. The van der Waals surface area contributed by atoms with Gasteiger partial charge < -0.3 is 10.5 Å². The third-order valence-electron chi connectivity index (χ3n) is 2.77. The van der Waals surface area contributed by atoms with Crippen molar-refractivity contribution in [3.8, 4) is 0 Å².